The van der Waals surface area contributed by atoms with E-state index in [1.807, 2.05) is 5.32 Å². The number of morpholine rings is 1. The van der Waals surface area contributed by atoms with Gasteiger partial charge in [-0.1, -0.05) is 0 Å². The van der Waals surface area contributed by atoms with Crippen LogP contribution in [0.2, 0.25) is 0 Å². The van der Waals surface area contributed by atoms with Crippen LogP contribution in [0.15, 0.2) is 0 Å². The van der Waals surface area contributed by atoms with Crippen molar-refractivity contribution in [3.05, 3.63) is 17.6 Å². The highest BCUT2D eigenvalue weighted by Gasteiger charge is 2.25. The summed E-state index contributed by atoms with van der Waals surface area (Å²) in [4.78, 5) is 15.1. The Bertz CT molecular complexity index is 521. The highest BCUT2D eigenvalue weighted by Crippen LogP contribution is 2.28. The number of ether oxygens (including phenoxy) is 1. The van der Waals surface area contributed by atoms with E-state index in [0.717, 1.165) is 0 Å². The number of aromatic nitrogens is 1. The van der Waals surface area contributed by atoms with Gasteiger partial charge >= 0.3 is 5.97 Å². The Morgan fingerprint density at radius 3 is 2.55 bits per heavy atom. The van der Waals surface area contributed by atoms with Crippen molar-refractivity contribution >= 4 is 17.5 Å². The number of hydrogen-bond acceptors (Lipinski definition) is 5. The van der Waals surface area contributed by atoms with Gasteiger partial charge in [-0.3, -0.25) is 4.79 Å². The third-order valence-corrected chi connectivity index (χ3v) is 2.75. The van der Waals surface area contributed by atoms with Crippen LogP contribution in [0.5, 0.6) is 0 Å². The second-order valence-electron chi connectivity index (χ2n) is 4.08. The van der Waals surface area contributed by atoms with Crippen molar-refractivity contribution in [1.82, 2.24) is 4.98 Å². The highest BCUT2D eigenvalue weighted by atomic mass is 19.2. The van der Waals surface area contributed by atoms with Gasteiger partial charge in [0.15, 0.2) is 11.6 Å². The van der Waals surface area contributed by atoms with Crippen LogP contribution < -0.4 is 10.2 Å². The summed E-state index contributed by atoms with van der Waals surface area (Å²) in [7, 11) is 0. The molecule has 9 heteroatoms. The van der Waals surface area contributed by atoms with E-state index < -0.39 is 35.8 Å². The average Bonchev–Trinajstić information content (AvgIpc) is 2.43. The molecule has 20 heavy (non-hydrogen) atoms. The summed E-state index contributed by atoms with van der Waals surface area (Å²) in [6, 6.07) is 0. The zero-order valence-corrected chi connectivity index (χ0v) is 10.3. The normalized spacial score (nSPS) is 15.2. The third-order valence-electron chi connectivity index (χ3n) is 2.75. The summed E-state index contributed by atoms with van der Waals surface area (Å²) >= 11 is 0. The Labute approximate surface area is 112 Å². The van der Waals surface area contributed by atoms with E-state index >= 15 is 0 Å². The quantitative estimate of drug-likeness (QED) is 0.801. The maximum Gasteiger partial charge on any atom is 0.322 e. The lowest BCUT2D eigenvalue weighted by molar-refractivity contribution is -0.134. The molecule has 0 radical (unpaired) electrons. The molecule has 2 N–H and O–H groups in total. The zero-order chi connectivity index (χ0) is 14.7. The number of halogens is 3. The van der Waals surface area contributed by atoms with E-state index in [4.69, 9.17) is 9.84 Å². The predicted molar refractivity (Wildman–Crippen MR) is 63.3 cm³/mol. The van der Waals surface area contributed by atoms with Crippen molar-refractivity contribution in [3.63, 3.8) is 0 Å². The molecule has 0 aliphatic carbocycles. The Morgan fingerprint density at radius 2 is 1.95 bits per heavy atom. The second-order valence-corrected chi connectivity index (χ2v) is 4.08. The number of carbonyl (C=O) groups is 1. The van der Waals surface area contributed by atoms with Crippen LogP contribution in [-0.2, 0) is 9.53 Å². The predicted octanol–water partition coefficient (Wildman–Crippen LogP) is 0.832. The molecule has 2 heterocycles. The molecule has 0 spiro atoms. The lowest BCUT2D eigenvalue weighted by Crippen LogP contribution is -2.37. The van der Waals surface area contributed by atoms with Crippen LogP contribution in [0.1, 0.15) is 0 Å². The van der Waals surface area contributed by atoms with Gasteiger partial charge in [0.25, 0.3) is 5.95 Å². The van der Waals surface area contributed by atoms with E-state index in [-0.39, 0.29) is 18.9 Å². The molecule has 0 unspecified atom stereocenters. The molecule has 6 nitrogen and oxygen atoms in total. The number of anilines is 2. The summed E-state index contributed by atoms with van der Waals surface area (Å²) in [5.41, 5.74) is -0.832. The van der Waals surface area contributed by atoms with Crippen molar-refractivity contribution in [2.24, 2.45) is 0 Å². The van der Waals surface area contributed by atoms with Gasteiger partial charge in [0.2, 0.25) is 5.82 Å². The SMILES string of the molecule is O=C(O)CNc1c(F)c(F)nc(N2CCOCC2)c1F. The molecule has 0 atom stereocenters. The average molecular weight is 291 g/mol. The number of nitrogens with one attached hydrogen (secondary N) is 1. The number of rotatable bonds is 4. The van der Waals surface area contributed by atoms with E-state index in [1.54, 1.807) is 0 Å². The first-order chi connectivity index (χ1) is 9.50. The van der Waals surface area contributed by atoms with Crippen LogP contribution in [0.3, 0.4) is 0 Å². The number of hydrogen-bond donors (Lipinski definition) is 2. The lowest BCUT2D eigenvalue weighted by atomic mass is 10.3. The molecule has 0 amide bonds. The van der Waals surface area contributed by atoms with Crippen molar-refractivity contribution in [2.75, 3.05) is 43.1 Å². The fraction of sp³-hybridized carbons (Fsp3) is 0.455. The lowest BCUT2D eigenvalue weighted by Gasteiger charge is -2.28. The van der Waals surface area contributed by atoms with Crippen LogP contribution >= 0.6 is 0 Å². The van der Waals surface area contributed by atoms with Crippen molar-refractivity contribution in [1.29, 1.82) is 0 Å². The minimum atomic E-state index is -1.54. The minimum Gasteiger partial charge on any atom is -0.480 e. The first kappa shape index (κ1) is 14.4. The highest BCUT2D eigenvalue weighted by molar-refractivity contribution is 5.73. The van der Waals surface area contributed by atoms with Crippen LogP contribution in [0.4, 0.5) is 24.7 Å². The molecular weight excluding hydrogens is 279 g/mol. The summed E-state index contributed by atoms with van der Waals surface area (Å²) in [6.07, 6.45) is 0. The molecule has 0 aromatic carbocycles. The van der Waals surface area contributed by atoms with E-state index in [2.05, 4.69) is 4.98 Å². The van der Waals surface area contributed by atoms with E-state index in [9.17, 15) is 18.0 Å². The van der Waals surface area contributed by atoms with Crippen molar-refractivity contribution in [2.45, 2.75) is 0 Å². The monoisotopic (exact) mass is 291 g/mol. The van der Waals surface area contributed by atoms with Gasteiger partial charge in [-0.25, -0.2) is 4.39 Å². The summed E-state index contributed by atoms with van der Waals surface area (Å²) in [6.45, 7) is 0.469. The molecular formula is C11H12F3N3O3. The van der Waals surface area contributed by atoms with Gasteiger partial charge in [0.1, 0.15) is 12.2 Å². The van der Waals surface area contributed by atoms with E-state index in [1.165, 1.54) is 4.90 Å². The van der Waals surface area contributed by atoms with Crippen LogP contribution in [-0.4, -0.2) is 48.9 Å². The third kappa shape index (κ3) is 2.93. The van der Waals surface area contributed by atoms with Crippen LogP contribution in [0.25, 0.3) is 0 Å². The molecule has 0 bridgehead atoms. The Kier molecular flexibility index (Phi) is 4.28. The molecule has 1 aromatic heterocycles. The van der Waals surface area contributed by atoms with Gasteiger partial charge in [0, 0.05) is 13.1 Å². The Hall–Kier alpha value is -2.03. The fourth-order valence-electron chi connectivity index (χ4n) is 1.81. The second kappa shape index (κ2) is 5.95. The van der Waals surface area contributed by atoms with Crippen molar-refractivity contribution < 1.29 is 27.8 Å². The molecule has 2 rings (SSSR count). The number of carboxylic acid groups (broad SMARTS) is 1. The molecule has 1 fully saturated rings. The van der Waals surface area contributed by atoms with Gasteiger partial charge in [-0.15, -0.1) is 0 Å². The largest absolute Gasteiger partial charge is 0.480 e. The molecule has 1 aliphatic rings. The molecule has 1 saturated heterocycles. The standard InChI is InChI=1S/C11H12F3N3O3/c12-7-9(15-5-6(18)19)8(13)11(16-10(7)14)17-1-3-20-4-2-17/h1-5H2,(H,15,16)(H,18,19). The molecule has 110 valence electrons. The summed E-state index contributed by atoms with van der Waals surface area (Å²) < 4.78 is 46.1. The molecule has 0 saturated carbocycles. The maximum atomic E-state index is 14.1. The topological polar surface area (TPSA) is 74.7 Å². The fourth-order valence-corrected chi connectivity index (χ4v) is 1.81. The number of carboxylic acids is 1. The molecule has 1 aromatic rings. The first-order valence-electron chi connectivity index (χ1n) is 5.83. The number of aliphatic carboxylic acids is 1. The van der Waals surface area contributed by atoms with Crippen molar-refractivity contribution in [3.8, 4) is 0 Å². The summed E-state index contributed by atoms with van der Waals surface area (Å²) in [5.74, 6) is -5.83. The number of pyridine rings is 1. The van der Waals surface area contributed by atoms with Gasteiger partial charge in [-0.05, 0) is 0 Å². The summed E-state index contributed by atoms with van der Waals surface area (Å²) in [5, 5.41) is 10.5. The van der Waals surface area contributed by atoms with Gasteiger partial charge in [-0.2, -0.15) is 13.8 Å². The Balaban J connectivity index is 2.35. The van der Waals surface area contributed by atoms with E-state index in [0.29, 0.717) is 13.2 Å². The van der Waals surface area contributed by atoms with Gasteiger partial charge in [0.05, 0.1) is 13.2 Å². The number of nitrogens with zero attached hydrogens (tertiary/aromatic N) is 2. The zero-order valence-electron chi connectivity index (χ0n) is 10.3. The first-order valence-corrected chi connectivity index (χ1v) is 5.83. The van der Waals surface area contributed by atoms with Crippen LogP contribution in [0, 0.1) is 17.6 Å². The minimum absolute atomic E-state index is 0.285. The molecule has 1 aliphatic heterocycles. The maximum absolute atomic E-state index is 14.1. The van der Waals surface area contributed by atoms with Gasteiger partial charge < -0.3 is 20.1 Å². The Morgan fingerprint density at radius 1 is 1.30 bits per heavy atom. The smallest absolute Gasteiger partial charge is 0.322 e.